The molecule has 2 rings (SSSR count). The molecule has 1 unspecified atom stereocenters. The molecule has 0 aromatic heterocycles. The van der Waals surface area contributed by atoms with Crippen molar-refractivity contribution in [2.24, 2.45) is 11.3 Å². The van der Waals surface area contributed by atoms with Gasteiger partial charge in [0.25, 0.3) is 5.69 Å². The Morgan fingerprint density at radius 3 is 2.56 bits per heavy atom. The van der Waals surface area contributed by atoms with Crippen LogP contribution >= 0.6 is 0 Å². The Morgan fingerprint density at radius 2 is 2.04 bits per heavy atom. The predicted octanol–water partition coefficient (Wildman–Crippen LogP) is 1.99. The Kier molecular flexibility index (Phi) is 5.30. The number of amides is 1. The lowest BCUT2D eigenvalue weighted by atomic mass is 9.76. The van der Waals surface area contributed by atoms with Gasteiger partial charge in [-0.15, -0.1) is 0 Å². The summed E-state index contributed by atoms with van der Waals surface area (Å²) < 4.78 is 0. The Labute approximate surface area is 146 Å². The Balaban J connectivity index is 2.11. The number of benzene rings is 1. The predicted molar refractivity (Wildman–Crippen MR) is 92.5 cm³/mol. The van der Waals surface area contributed by atoms with Crippen molar-refractivity contribution in [1.29, 1.82) is 0 Å². The summed E-state index contributed by atoms with van der Waals surface area (Å²) in [6.45, 7) is 4.21. The maximum absolute atomic E-state index is 12.6. The summed E-state index contributed by atoms with van der Waals surface area (Å²) in [5, 5.41) is 20.7. The normalized spacial score (nSPS) is 19.9. The Morgan fingerprint density at radius 1 is 1.40 bits per heavy atom. The van der Waals surface area contributed by atoms with E-state index in [1.807, 2.05) is 13.8 Å². The molecule has 25 heavy (non-hydrogen) atoms. The van der Waals surface area contributed by atoms with Gasteiger partial charge in [-0.25, -0.2) is 0 Å². The molecule has 0 aliphatic carbocycles. The molecule has 1 atom stereocenters. The molecule has 0 saturated carbocycles. The van der Waals surface area contributed by atoms with Crippen molar-refractivity contribution in [2.45, 2.75) is 20.3 Å². The Hall–Kier alpha value is -2.64. The molecule has 1 aliphatic heterocycles. The van der Waals surface area contributed by atoms with Gasteiger partial charge in [0.05, 0.1) is 16.9 Å². The van der Waals surface area contributed by atoms with Crippen molar-refractivity contribution < 1.29 is 19.6 Å². The van der Waals surface area contributed by atoms with Crippen LogP contribution in [0.5, 0.6) is 0 Å². The highest BCUT2D eigenvalue weighted by Gasteiger charge is 2.48. The van der Waals surface area contributed by atoms with Gasteiger partial charge < -0.3 is 14.9 Å². The third-order valence-corrected chi connectivity index (χ3v) is 5.05. The molecular weight excluding hydrogens is 326 g/mol. The van der Waals surface area contributed by atoms with Crippen LogP contribution in [0, 0.1) is 21.4 Å². The molecule has 0 radical (unpaired) electrons. The quantitative estimate of drug-likeness (QED) is 0.622. The summed E-state index contributed by atoms with van der Waals surface area (Å²) in [6, 6.07) is 6.22. The van der Waals surface area contributed by atoms with Crippen LogP contribution < -0.4 is 4.90 Å². The fraction of sp³-hybridized carbons (Fsp3) is 0.529. The minimum absolute atomic E-state index is 0.0430. The molecule has 1 amide bonds. The van der Waals surface area contributed by atoms with Crippen LogP contribution in [-0.2, 0) is 9.59 Å². The van der Waals surface area contributed by atoms with E-state index < -0.39 is 16.3 Å². The number of anilines is 1. The summed E-state index contributed by atoms with van der Waals surface area (Å²) in [7, 11) is 1.61. The third kappa shape index (κ3) is 3.57. The molecular formula is C17H23N3O5. The van der Waals surface area contributed by atoms with E-state index in [0.29, 0.717) is 18.7 Å². The van der Waals surface area contributed by atoms with E-state index in [-0.39, 0.29) is 30.6 Å². The first-order valence-electron chi connectivity index (χ1n) is 8.15. The molecule has 8 heteroatoms. The standard InChI is InChI=1S/C17H23N3O5/c1-12(2)17(16(22)23)8-9-19(11-17)15(21)10-18(3)13-6-4-5-7-14(13)20(24)25/h4-7,12H,8-11H2,1-3H3,(H,22,23). The molecule has 0 spiro atoms. The number of nitro benzene ring substituents is 1. The van der Waals surface area contributed by atoms with Gasteiger partial charge in [-0.05, 0) is 18.4 Å². The van der Waals surface area contributed by atoms with Crippen molar-refractivity contribution in [3.8, 4) is 0 Å². The van der Waals surface area contributed by atoms with E-state index in [0.717, 1.165) is 0 Å². The summed E-state index contributed by atoms with van der Waals surface area (Å²) >= 11 is 0. The summed E-state index contributed by atoms with van der Waals surface area (Å²) in [5.74, 6) is -1.20. The number of carbonyl (C=O) groups excluding carboxylic acids is 1. The second-order valence-electron chi connectivity index (χ2n) is 6.78. The topological polar surface area (TPSA) is 104 Å². The van der Waals surface area contributed by atoms with Crippen LogP contribution in [0.15, 0.2) is 24.3 Å². The molecule has 1 N–H and O–H groups in total. The fourth-order valence-electron chi connectivity index (χ4n) is 3.27. The van der Waals surface area contributed by atoms with Gasteiger partial charge in [0, 0.05) is 26.2 Å². The first kappa shape index (κ1) is 18.7. The smallest absolute Gasteiger partial charge is 0.311 e. The largest absolute Gasteiger partial charge is 0.481 e. The molecule has 0 bridgehead atoms. The monoisotopic (exact) mass is 349 g/mol. The number of rotatable bonds is 6. The van der Waals surface area contributed by atoms with E-state index in [1.165, 1.54) is 11.0 Å². The van der Waals surface area contributed by atoms with Gasteiger partial charge in [-0.1, -0.05) is 26.0 Å². The number of carboxylic acids is 1. The van der Waals surface area contributed by atoms with Gasteiger partial charge >= 0.3 is 5.97 Å². The van der Waals surface area contributed by atoms with E-state index in [9.17, 15) is 24.8 Å². The SMILES string of the molecule is CC(C)C1(C(=O)O)CCN(C(=O)CN(C)c2ccccc2[N+](=O)[O-])C1. The van der Waals surface area contributed by atoms with Crippen molar-refractivity contribution in [2.75, 3.05) is 31.6 Å². The molecule has 1 aromatic rings. The molecule has 1 aromatic carbocycles. The molecule has 136 valence electrons. The lowest BCUT2D eigenvalue weighted by Crippen LogP contribution is -2.43. The van der Waals surface area contributed by atoms with E-state index in [2.05, 4.69) is 0 Å². The molecule has 1 aliphatic rings. The zero-order valence-corrected chi connectivity index (χ0v) is 14.6. The third-order valence-electron chi connectivity index (χ3n) is 5.05. The fourth-order valence-corrected chi connectivity index (χ4v) is 3.27. The van der Waals surface area contributed by atoms with Crippen LogP contribution in [0.4, 0.5) is 11.4 Å². The molecule has 1 fully saturated rings. The minimum Gasteiger partial charge on any atom is -0.481 e. The average Bonchev–Trinajstić information content (AvgIpc) is 3.01. The average molecular weight is 349 g/mol. The van der Waals surface area contributed by atoms with Gasteiger partial charge in [-0.3, -0.25) is 19.7 Å². The number of hydrogen-bond donors (Lipinski definition) is 1. The lowest BCUT2D eigenvalue weighted by molar-refractivity contribution is -0.384. The maximum Gasteiger partial charge on any atom is 0.311 e. The molecule has 1 heterocycles. The van der Waals surface area contributed by atoms with Crippen molar-refractivity contribution in [3.05, 3.63) is 34.4 Å². The first-order chi connectivity index (χ1) is 11.7. The summed E-state index contributed by atoms with van der Waals surface area (Å²) in [6.07, 6.45) is 0.418. The van der Waals surface area contributed by atoms with Crippen molar-refractivity contribution in [1.82, 2.24) is 4.90 Å². The Bertz CT molecular complexity index is 691. The number of hydrogen-bond acceptors (Lipinski definition) is 5. The number of aliphatic carboxylic acids is 1. The van der Waals surface area contributed by atoms with Gasteiger partial charge in [0.15, 0.2) is 0 Å². The number of nitro groups is 1. The van der Waals surface area contributed by atoms with Crippen LogP contribution in [0.25, 0.3) is 0 Å². The van der Waals surface area contributed by atoms with Gasteiger partial charge in [0.2, 0.25) is 5.91 Å². The van der Waals surface area contributed by atoms with E-state index in [4.69, 9.17) is 0 Å². The first-order valence-corrected chi connectivity index (χ1v) is 8.15. The van der Waals surface area contributed by atoms with E-state index >= 15 is 0 Å². The lowest BCUT2D eigenvalue weighted by Gasteiger charge is -2.29. The van der Waals surface area contributed by atoms with Crippen LogP contribution in [-0.4, -0.2) is 53.5 Å². The number of carboxylic acid groups (broad SMARTS) is 1. The van der Waals surface area contributed by atoms with Crippen LogP contribution in [0.2, 0.25) is 0 Å². The molecule has 8 nitrogen and oxygen atoms in total. The van der Waals surface area contributed by atoms with Gasteiger partial charge in [0.1, 0.15) is 5.69 Å². The number of likely N-dealkylation sites (N-methyl/N-ethyl adjacent to an activating group) is 1. The van der Waals surface area contributed by atoms with Crippen LogP contribution in [0.3, 0.4) is 0 Å². The second-order valence-corrected chi connectivity index (χ2v) is 6.78. The maximum atomic E-state index is 12.6. The molecule has 1 saturated heterocycles. The summed E-state index contributed by atoms with van der Waals surface area (Å²) in [4.78, 5) is 37.9. The highest BCUT2D eigenvalue weighted by Crippen LogP contribution is 2.38. The van der Waals surface area contributed by atoms with Crippen molar-refractivity contribution in [3.63, 3.8) is 0 Å². The minimum atomic E-state index is -0.924. The highest BCUT2D eigenvalue weighted by molar-refractivity contribution is 5.84. The summed E-state index contributed by atoms with van der Waals surface area (Å²) in [5.41, 5.74) is -0.637. The number of likely N-dealkylation sites (tertiary alicyclic amines) is 1. The van der Waals surface area contributed by atoms with E-state index in [1.54, 1.807) is 30.1 Å². The second kappa shape index (κ2) is 7.08. The van der Waals surface area contributed by atoms with Gasteiger partial charge in [-0.2, -0.15) is 0 Å². The number of carbonyl (C=O) groups is 2. The number of nitrogens with zero attached hydrogens (tertiary/aromatic N) is 3. The number of para-hydroxylation sites is 2. The van der Waals surface area contributed by atoms with Crippen LogP contribution in [0.1, 0.15) is 20.3 Å². The zero-order valence-electron chi connectivity index (χ0n) is 14.6. The highest BCUT2D eigenvalue weighted by atomic mass is 16.6. The zero-order chi connectivity index (χ0) is 18.8. The van der Waals surface area contributed by atoms with Crippen molar-refractivity contribution >= 4 is 23.3 Å².